The molecule has 0 fully saturated rings. The highest BCUT2D eigenvalue weighted by Crippen LogP contribution is 2.28. The van der Waals surface area contributed by atoms with Gasteiger partial charge in [-0.2, -0.15) is 17.9 Å². The lowest BCUT2D eigenvalue weighted by Crippen LogP contribution is -2.55. The third-order valence-electron chi connectivity index (χ3n) is 6.49. The number of ether oxygens (including phenoxy) is 2. The molecule has 11 heteroatoms. The maximum absolute atomic E-state index is 14.3. The molecule has 10 nitrogen and oxygen atoms in total. The second-order valence-corrected chi connectivity index (χ2v) is 12.8. The standard InChI is InChI=1S/C33H44N4O6S/c1-21-13-12-16-24(22(21)2)27(37(18-17-34)29(39)26(20-44)36-31(41)43-33(6,7)8)28(38)35-25(30(40)42-32(3,4)5)19-23-14-10-9-11-15-23/h9-16,25-27,44H,18-20H2,1-8H3,(H,35,38)(H,36,41). The molecule has 0 radical (unpaired) electrons. The third kappa shape index (κ3) is 10.9. The molecule has 0 saturated heterocycles. The van der Waals surface area contributed by atoms with E-state index in [2.05, 4.69) is 23.3 Å². The van der Waals surface area contributed by atoms with Crippen molar-refractivity contribution in [1.29, 1.82) is 5.26 Å². The molecule has 2 aromatic carbocycles. The number of hydrogen-bond donors (Lipinski definition) is 3. The Bertz CT molecular complexity index is 1360. The fourth-order valence-electron chi connectivity index (χ4n) is 4.40. The lowest BCUT2D eigenvalue weighted by molar-refractivity contribution is -0.159. The maximum Gasteiger partial charge on any atom is 0.408 e. The first kappa shape index (κ1) is 36.2. The first-order valence-corrected chi connectivity index (χ1v) is 15.0. The van der Waals surface area contributed by atoms with Crippen LogP contribution in [-0.4, -0.2) is 64.4 Å². The van der Waals surface area contributed by atoms with E-state index < -0.39 is 59.7 Å². The second-order valence-electron chi connectivity index (χ2n) is 12.5. The lowest BCUT2D eigenvalue weighted by atomic mass is 9.94. The van der Waals surface area contributed by atoms with Crippen molar-refractivity contribution in [2.75, 3.05) is 12.3 Å². The Kier molecular flexibility index (Phi) is 12.8. The largest absolute Gasteiger partial charge is 0.458 e. The van der Waals surface area contributed by atoms with Gasteiger partial charge < -0.3 is 25.0 Å². The number of rotatable bonds is 11. The summed E-state index contributed by atoms with van der Waals surface area (Å²) in [4.78, 5) is 55.2. The number of alkyl carbamates (subject to hydrolysis) is 1. The molecule has 2 N–H and O–H groups in total. The summed E-state index contributed by atoms with van der Waals surface area (Å²) in [6, 6.07) is 12.8. The zero-order chi connectivity index (χ0) is 33.2. The van der Waals surface area contributed by atoms with E-state index in [0.717, 1.165) is 21.6 Å². The molecule has 0 aromatic heterocycles. The maximum atomic E-state index is 14.3. The average Bonchev–Trinajstić information content (AvgIpc) is 2.91. The second kappa shape index (κ2) is 15.6. The van der Waals surface area contributed by atoms with Crippen LogP contribution < -0.4 is 10.6 Å². The monoisotopic (exact) mass is 624 g/mol. The Labute approximate surface area is 265 Å². The predicted molar refractivity (Wildman–Crippen MR) is 171 cm³/mol. The lowest BCUT2D eigenvalue weighted by Gasteiger charge is -2.34. The van der Waals surface area contributed by atoms with Crippen LogP contribution in [0.15, 0.2) is 48.5 Å². The van der Waals surface area contributed by atoms with Crippen molar-refractivity contribution in [3.63, 3.8) is 0 Å². The number of esters is 1. The van der Waals surface area contributed by atoms with E-state index in [4.69, 9.17) is 9.47 Å². The van der Waals surface area contributed by atoms with Crippen LogP contribution in [0.4, 0.5) is 4.79 Å². The molecule has 0 spiro atoms. The van der Waals surface area contributed by atoms with Crippen LogP contribution in [0.1, 0.15) is 69.8 Å². The minimum atomic E-state index is -1.33. The first-order chi connectivity index (χ1) is 20.5. The van der Waals surface area contributed by atoms with Crippen molar-refractivity contribution >= 4 is 36.5 Å². The molecule has 3 amide bonds. The molecule has 3 atom stereocenters. The molecule has 0 heterocycles. The van der Waals surface area contributed by atoms with Crippen molar-refractivity contribution in [3.05, 3.63) is 70.8 Å². The van der Waals surface area contributed by atoms with Gasteiger partial charge in [-0.05, 0) is 77.6 Å². The van der Waals surface area contributed by atoms with Gasteiger partial charge in [0.05, 0.1) is 6.07 Å². The number of benzene rings is 2. The molecule has 0 saturated carbocycles. The smallest absolute Gasteiger partial charge is 0.408 e. The first-order valence-electron chi connectivity index (χ1n) is 14.4. The summed E-state index contributed by atoms with van der Waals surface area (Å²) in [6.45, 7) is 13.4. The predicted octanol–water partition coefficient (Wildman–Crippen LogP) is 4.59. The molecule has 0 aliphatic carbocycles. The Morgan fingerprint density at radius 3 is 2.05 bits per heavy atom. The summed E-state index contributed by atoms with van der Waals surface area (Å²) >= 11 is 4.26. The molecule has 238 valence electrons. The van der Waals surface area contributed by atoms with Gasteiger partial charge in [0.2, 0.25) is 11.8 Å². The third-order valence-corrected chi connectivity index (χ3v) is 6.85. The van der Waals surface area contributed by atoms with E-state index in [-0.39, 0.29) is 12.2 Å². The molecule has 3 unspecified atom stereocenters. The number of hydrogen-bond acceptors (Lipinski definition) is 8. The van der Waals surface area contributed by atoms with E-state index in [1.807, 2.05) is 56.3 Å². The highest BCUT2D eigenvalue weighted by atomic mass is 32.1. The molecule has 0 aliphatic heterocycles. The van der Waals surface area contributed by atoms with Crippen LogP contribution in [0, 0.1) is 25.2 Å². The normalized spacial score (nSPS) is 13.5. The van der Waals surface area contributed by atoms with Crippen LogP contribution in [-0.2, 0) is 30.3 Å². The van der Waals surface area contributed by atoms with Gasteiger partial charge in [0.25, 0.3) is 0 Å². The van der Waals surface area contributed by atoms with Gasteiger partial charge >= 0.3 is 12.1 Å². The summed E-state index contributed by atoms with van der Waals surface area (Å²) in [5.41, 5.74) is 1.19. The summed E-state index contributed by atoms with van der Waals surface area (Å²) in [5.74, 6) is -2.18. The Hall–Kier alpha value is -4.04. The number of thiol groups is 1. The Morgan fingerprint density at radius 2 is 1.50 bits per heavy atom. The molecule has 2 aromatic rings. The minimum Gasteiger partial charge on any atom is -0.458 e. The highest BCUT2D eigenvalue weighted by molar-refractivity contribution is 7.80. The van der Waals surface area contributed by atoms with E-state index in [1.54, 1.807) is 53.7 Å². The number of aryl methyl sites for hydroxylation is 1. The van der Waals surface area contributed by atoms with Gasteiger partial charge in [0, 0.05) is 12.2 Å². The fraction of sp³-hybridized carbons (Fsp3) is 0.485. The van der Waals surface area contributed by atoms with E-state index in [9.17, 15) is 24.4 Å². The van der Waals surface area contributed by atoms with Gasteiger partial charge in [-0.15, -0.1) is 0 Å². The van der Waals surface area contributed by atoms with Crippen LogP contribution in [0.2, 0.25) is 0 Å². The van der Waals surface area contributed by atoms with E-state index >= 15 is 0 Å². The minimum absolute atomic E-state index is 0.129. The van der Waals surface area contributed by atoms with Gasteiger partial charge in [-0.1, -0.05) is 48.5 Å². The van der Waals surface area contributed by atoms with Gasteiger partial charge in [-0.3, -0.25) is 9.59 Å². The average molecular weight is 625 g/mol. The summed E-state index contributed by atoms with van der Waals surface area (Å²) in [5, 5.41) is 15.1. The van der Waals surface area contributed by atoms with Crippen LogP contribution in [0.25, 0.3) is 0 Å². The Balaban J connectivity index is 2.59. The van der Waals surface area contributed by atoms with Crippen molar-refractivity contribution in [1.82, 2.24) is 15.5 Å². The number of carbonyl (C=O) groups is 4. The van der Waals surface area contributed by atoms with Gasteiger partial charge in [0.15, 0.2) is 0 Å². The zero-order valence-corrected chi connectivity index (χ0v) is 27.7. The van der Waals surface area contributed by atoms with Crippen LogP contribution in [0.5, 0.6) is 0 Å². The SMILES string of the molecule is Cc1cccc(C(C(=O)NC(Cc2ccccc2)C(=O)OC(C)(C)C)N(CC#N)C(=O)C(CS)NC(=O)OC(C)(C)C)c1C. The highest BCUT2D eigenvalue weighted by Gasteiger charge is 2.38. The van der Waals surface area contributed by atoms with Crippen molar-refractivity contribution in [2.45, 2.75) is 91.1 Å². The van der Waals surface area contributed by atoms with Crippen molar-refractivity contribution < 1.29 is 28.7 Å². The number of amides is 3. The molecular formula is C33H44N4O6S. The molecule has 2 rings (SSSR count). The number of carbonyl (C=O) groups excluding carboxylic acids is 4. The van der Waals surface area contributed by atoms with Crippen molar-refractivity contribution in [2.24, 2.45) is 0 Å². The van der Waals surface area contributed by atoms with Crippen molar-refractivity contribution in [3.8, 4) is 6.07 Å². The summed E-state index contributed by atoms with van der Waals surface area (Å²) in [7, 11) is 0. The number of nitriles is 1. The summed E-state index contributed by atoms with van der Waals surface area (Å²) < 4.78 is 11.0. The van der Waals surface area contributed by atoms with Gasteiger partial charge in [-0.25, -0.2) is 9.59 Å². The number of nitrogens with one attached hydrogen (secondary N) is 2. The Morgan fingerprint density at radius 1 is 0.886 bits per heavy atom. The van der Waals surface area contributed by atoms with Gasteiger partial charge in [0.1, 0.15) is 35.9 Å². The van der Waals surface area contributed by atoms with E-state index in [0.29, 0.717) is 5.56 Å². The fourth-order valence-corrected chi connectivity index (χ4v) is 4.64. The zero-order valence-electron chi connectivity index (χ0n) is 26.8. The molecular weight excluding hydrogens is 580 g/mol. The summed E-state index contributed by atoms with van der Waals surface area (Å²) in [6.07, 6.45) is -0.713. The quantitative estimate of drug-likeness (QED) is 0.189. The molecule has 0 bridgehead atoms. The van der Waals surface area contributed by atoms with Crippen LogP contribution >= 0.6 is 12.6 Å². The number of nitrogens with zero attached hydrogens (tertiary/aromatic N) is 2. The topological polar surface area (TPSA) is 138 Å². The van der Waals surface area contributed by atoms with E-state index in [1.165, 1.54) is 0 Å². The van der Waals surface area contributed by atoms with Crippen LogP contribution in [0.3, 0.4) is 0 Å². The molecule has 0 aliphatic rings. The molecule has 44 heavy (non-hydrogen) atoms.